The van der Waals surface area contributed by atoms with Crippen molar-refractivity contribution in [2.45, 2.75) is 6.42 Å². The fourth-order valence-corrected chi connectivity index (χ4v) is 2.51. The van der Waals surface area contributed by atoms with Gasteiger partial charge in [-0.1, -0.05) is 23.7 Å². The molecule has 1 N–H and O–H groups in total. The monoisotopic (exact) mass is 303 g/mol. The number of amides is 1. The summed E-state index contributed by atoms with van der Waals surface area (Å²) in [5.41, 5.74) is 1.19. The van der Waals surface area contributed by atoms with E-state index >= 15 is 0 Å². The molecular weight excluding hydrogens is 290 g/mol. The second-order valence-corrected chi connectivity index (χ2v) is 5.20. The van der Waals surface area contributed by atoms with Gasteiger partial charge >= 0.3 is 0 Å². The number of para-hydroxylation sites is 2. The van der Waals surface area contributed by atoms with E-state index in [4.69, 9.17) is 16.3 Å². The van der Waals surface area contributed by atoms with Gasteiger partial charge in [0.05, 0.1) is 17.3 Å². The van der Waals surface area contributed by atoms with E-state index in [-0.39, 0.29) is 16.7 Å². The van der Waals surface area contributed by atoms with E-state index in [0.717, 1.165) is 12.1 Å². The van der Waals surface area contributed by atoms with Gasteiger partial charge in [0.25, 0.3) is 5.91 Å². The standard InChI is InChI=1S/C16H14ClNO3/c17-12-10-11(6-7-14(12)19)16(20)18-8-3-9-21-15-5-2-1-4-13(15)18/h1-2,4-7,10,19H,3,8-9H2. The zero-order valence-corrected chi connectivity index (χ0v) is 12.0. The van der Waals surface area contributed by atoms with Crippen molar-refractivity contribution in [1.82, 2.24) is 0 Å². The van der Waals surface area contributed by atoms with Gasteiger partial charge in [0.2, 0.25) is 0 Å². The number of hydrogen-bond donors (Lipinski definition) is 1. The highest BCUT2D eigenvalue weighted by molar-refractivity contribution is 6.32. The lowest BCUT2D eigenvalue weighted by Gasteiger charge is -2.21. The van der Waals surface area contributed by atoms with Crippen LogP contribution in [0.5, 0.6) is 11.5 Å². The van der Waals surface area contributed by atoms with Crippen molar-refractivity contribution < 1.29 is 14.6 Å². The molecule has 0 fully saturated rings. The van der Waals surface area contributed by atoms with E-state index in [2.05, 4.69) is 0 Å². The normalized spacial score (nSPS) is 14.0. The van der Waals surface area contributed by atoms with Crippen LogP contribution in [0, 0.1) is 0 Å². The number of ether oxygens (including phenoxy) is 1. The molecule has 0 saturated heterocycles. The van der Waals surface area contributed by atoms with Crippen LogP contribution in [0.25, 0.3) is 0 Å². The van der Waals surface area contributed by atoms with E-state index in [1.165, 1.54) is 12.1 Å². The number of aromatic hydroxyl groups is 1. The van der Waals surface area contributed by atoms with Gasteiger partial charge in [0.1, 0.15) is 11.5 Å². The first-order valence-electron chi connectivity index (χ1n) is 6.69. The van der Waals surface area contributed by atoms with Crippen LogP contribution in [0.1, 0.15) is 16.8 Å². The Labute approximate surface area is 127 Å². The van der Waals surface area contributed by atoms with Crippen LogP contribution < -0.4 is 9.64 Å². The number of anilines is 1. The maximum absolute atomic E-state index is 12.7. The molecule has 0 unspecified atom stereocenters. The van der Waals surface area contributed by atoms with E-state index in [9.17, 15) is 9.90 Å². The highest BCUT2D eigenvalue weighted by atomic mass is 35.5. The Hall–Kier alpha value is -2.20. The quantitative estimate of drug-likeness (QED) is 0.877. The molecule has 5 heteroatoms. The maximum atomic E-state index is 12.7. The van der Waals surface area contributed by atoms with E-state index in [1.807, 2.05) is 24.3 Å². The molecule has 1 aliphatic rings. The SMILES string of the molecule is O=C(c1ccc(O)c(Cl)c1)N1CCCOc2ccccc21. The minimum Gasteiger partial charge on any atom is -0.506 e. The first kappa shape index (κ1) is 13.8. The number of halogens is 1. The number of phenolic OH excluding ortho intramolecular Hbond substituents is 1. The first-order valence-corrected chi connectivity index (χ1v) is 7.07. The van der Waals surface area contributed by atoms with E-state index in [0.29, 0.717) is 24.5 Å². The van der Waals surface area contributed by atoms with Gasteiger partial charge in [0.15, 0.2) is 0 Å². The number of benzene rings is 2. The highest BCUT2D eigenvalue weighted by Crippen LogP contribution is 2.32. The van der Waals surface area contributed by atoms with Crippen LogP contribution in [-0.4, -0.2) is 24.2 Å². The van der Waals surface area contributed by atoms with Crippen LogP contribution in [0.15, 0.2) is 42.5 Å². The van der Waals surface area contributed by atoms with Gasteiger partial charge in [-0.25, -0.2) is 0 Å². The number of carbonyl (C=O) groups excluding carboxylic acids is 1. The molecule has 0 spiro atoms. The zero-order valence-electron chi connectivity index (χ0n) is 11.3. The topological polar surface area (TPSA) is 49.8 Å². The summed E-state index contributed by atoms with van der Waals surface area (Å²) in [4.78, 5) is 14.4. The van der Waals surface area contributed by atoms with Crippen molar-refractivity contribution in [1.29, 1.82) is 0 Å². The number of hydrogen-bond acceptors (Lipinski definition) is 3. The number of phenols is 1. The number of nitrogens with zero attached hydrogens (tertiary/aromatic N) is 1. The molecule has 4 nitrogen and oxygen atoms in total. The molecule has 2 aromatic carbocycles. The molecular formula is C16H14ClNO3. The molecule has 21 heavy (non-hydrogen) atoms. The Morgan fingerprint density at radius 1 is 1.24 bits per heavy atom. The molecule has 1 heterocycles. The third kappa shape index (κ3) is 2.67. The Kier molecular flexibility index (Phi) is 3.71. The Balaban J connectivity index is 1.99. The molecule has 1 aliphatic heterocycles. The van der Waals surface area contributed by atoms with Crippen LogP contribution in [-0.2, 0) is 0 Å². The van der Waals surface area contributed by atoms with Gasteiger partial charge in [-0.2, -0.15) is 0 Å². The van der Waals surface area contributed by atoms with Crippen molar-refractivity contribution in [2.75, 3.05) is 18.1 Å². The minimum atomic E-state index is -0.158. The van der Waals surface area contributed by atoms with Gasteiger partial charge in [-0.15, -0.1) is 0 Å². The second kappa shape index (κ2) is 5.66. The van der Waals surface area contributed by atoms with E-state index in [1.54, 1.807) is 11.0 Å². The summed E-state index contributed by atoms with van der Waals surface area (Å²) in [7, 11) is 0. The third-order valence-electron chi connectivity index (χ3n) is 3.38. The first-order chi connectivity index (χ1) is 10.2. The van der Waals surface area contributed by atoms with Crippen LogP contribution in [0.2, 0.25) is 5.02 Å². The summed E-state index contributed by atoms with van der Waals surface area (Å²) >= 11 is 5.88. The van der Waals surface area contributed by atoms with Gasteiger partial charge in [-0.3, -0.25) is 4.79 Å². The summed E-state index contributed by atoms with van der Waals surface area (Å²) in [5, 5.41) is 9.63. The fourth-order valence-electron chi connectivity index (χ4n) is 2.33. The molecule has 2 aromatic rings. The summed E-state index contributed by atoms with van der Waals surface area (Å²) in [6.45, 7) is 1.16. The number of carbonyl (C=O) groups is 1. The molecule has 1 amide bonds. The lowest BCUT2D eigenvalue weighted by atomic mass is 10.1. The molecule has 0 bridgehead atoms. The Morgan fingerprint density at radius 3 is 2.86 bits per heavy atom. The molecule has 0 atom stereocenters. The predicted octanol–water partition coefficient (Wildman–Crippen LogP) is 3.47. The maximum Gasteiger partial charge on any atom is 0.258 e. The second-order valence-electron chi connectivity index (χ2n) is 4.79. The lowest BCUT2D eigenvalue weighted by Crippen LogP contribution is -2.31. The van der Waals surface area contributed by atoms with E-state index < -0.39 is 0 Å². The molecule has 0 aromatic heterocycles. The molecule has 3 rings (SSSR count). The Bertz CT molecular complexity index is 687. The van der Waals surface area contributed by atoms with Crippen LogP contribution in [0.3, 0.4) is 0 Å². The summed E-state index contributed by atoms with van der Waals surface area (Å²) in [6, 6.07) is 11.9. The fraction of sp³-hybridized carbons (Fsp3) is 0.188. The van der Waals surface area contributed by atoms with Crippen LogP contribution in [0.4, 0.5) is 5.69 Å². The minimum absolute atomic E-state index is 0.0344. The summed E-state index contributed by atoms with van der Waals surface area (Å²) < 4.78 is 5.65. The van der Waals surface area contributed by atoms with Crippen molar-refractivity contribution in [3.8, 4) is 11.5 Å². The zero-order chi connectivity index (χ0) is 14.8. The van der Waals surface area contributed by atoms with Crippen molar-refractivity contribution >= 4 is 23.2 Å². The predicted molar refractivity (Wildman–Crippen MR) is 81.3 cm³/mol. The smallest absolute Gasteiger partial charge is 0.258 e. The van der Waals surface area contributed by atoms with Crippen molar-refractivity contribution in [3.63, 3.8) is 0 Å². The summed E-state index contributed by atoms with van der Waals surface area (Å²) in [5.74, 6) is 0.510. The molecule has 0 saturated carbocycles. The Morgan fingerprint density at radius 2 is 2.05 bits per heavy atom. The highest BCUT2D eigenvalue weighted by Gasteiger charge is 2.23. The molecule has 108 valence electrons. The van der Waals surface area contributed by atoms with Crippen molar-refractivity contribution in [3.05, 3.63) is 53.1 Å². The largest absolute Gasteiger partial charge is 0.506 e. The van der Waals surface area contributed by atoms with Crippen molar-refractivity contribution in [2.24, 2.45) is 0 Å². The van der Waals surface area contributed by atoms with Gasteiger partial charge in [0, 0.05) is 12.1 Å². The molecule has 0 aliphatic carbocycles. The average molecular weight is 304 g/mol. The summed E-state index contributed by atoms with van der Waals surface area (Å²) in [6.07, 6.45) is 0.756. The number of rotatable bonds is 1. The van der Waals surface area contributed by atoms with Gasteiger partial charge in [-0.05, 0) is 36.8 Å². The lowest BCUT2D eigenvalue weighted by molar-refractivity contribution is 0.0987. The third-order valence-corrected chi connectivity index (χ3v) is 3.68. The van der Waals surface area contributed by atoms with Gasteiger partial charge < -0.3 is 14.7 Å². The average Bonchev–Trinajstić information content (AvgIpc) is 2.71. The molecule has 0 radical (unpaired) electrons. The number of fused-ring (bicyclic) bond motifs is 1. The van der Waals surface area contributed by atoms with Crippen LogP contribution >= 0.6 is 11.6 Å².